The van der Waals surface area contributed by atoms with Gasteiger partial charge in [-0.3, -0.25) is 9.59 Å². The van der Waals surface area contributed by atoms with Crippen LogP contribution in [0.2, 0.25) is 5.02 Å². The fourth-order valence-corrected chi connectivity index (χ4v) is 4.48. The highest BCUT2D eigenvalue weighted by atomic mass is 35.5. The van der Waals surface area contributed by atoms with Crippen molar-refractivity contribution in [1.29, 1.82) is 0 Å². The average Bonchev–Trinajstić information content (AvgIpc) is 2.77. The number of esters is 1. The second-order valence-electron chi connectivity index (χ2n) is 10.7. The summed E-state index contributed by atoms with van der Waals surface area (Å²) in [4.78, 5) is 39.2. The zero-order chi connectivity index (χ0) is 26.6. The maximum absolute atomic E-state index is 13.4. The standard InChI is InChI=1S/C25H39ClN4O5/c1-16(2)20(29-22(33)28-14-24(5,6)35-19(31)13-27)21(32)30-12-11-25(34,23(3,4)15-30)17-7-9-18(26)10-8-17/h7-10,16,20,34H,11-15,27H2,1-6H3,(H2,28,29,33)/t20-,25+/m1/s1. The van der Waals surface area contributed by atoms with Crippen LogP contribution in [0, 0.1) is 11.3 Å². The van der Waals surface area contributed by atoms with Crippen LogP contribution in [0.1, 0.15) is 53.5 Å². The molecule has 1 aliphatic heterocycles. The lowest BCUT2D eigenvalue weighted by atomic mass is 9.66. The molecule has 9 nitrogen and oxygen atoms in total. The van der Waals surface area contributed by atoms with Crippen LogP contribution in [0.25, 0.3) is 0 Å². The Hall–Kier alpha value is -2.36. The van der Waals surface area contributed by atoms with Crippen LogP contribution >= 0.6 is 11.6 Å². The largest absolute Gasteiger partial charge is 0.457 e. The number of piperidine rings is 1. The number of nitrogens with two attached hydrogens (primary N) is 1. The molecule has 0 spiro atoms. The van der Waals surface area contributed by atoms with E-state index in [1.165, 1.54) is 0 Å². The number of halogens is 1. The highest BCUT2D eigenvalue weighted by Gasteiger charge is 2.50. The van der Waals surface area contributed by atoms with Crippen molar-refractivity contribution in [3.63, 3.8) is 0 Å². The maximum Gasteiger partial charge on any atom is 0.320 e. The number of benzene rings is 1. The number of aliphatic hydroxyl groups is 1. The van der Waals surface area contributed by atoms with E-state index in [2.05, 4.69) is 10.6 Å². The van der Waals surface area contributed by atoms with E-state index in [0.29, 0.717) is 24.5 Å². The SMILES string of the molecule is CC(C)[C@@H](NC(=O)NCC(C)(C)OC(=O)CN)C(=O)N1CC[C@](O)(c2ccc(Cl)cc2)C(C)(C)C1. The number of ether oxygens (including phenoxy) is 1. The normalized spacial score (nSPS) is 20.8. The first kappa shape index (κ1) is 28.9. The summed E-state index contributed by atoms with van der Waals surface area (Å²) >= 11 is 6.01. The number of nitrogens with zero attached hydrogens (tertiary/aromatic N) is 1. The smallest absolute Gasteiger partial charge is 0.320 e. The molecule has 1 heterocycles. The molecule has 1 aliphatic rings. The van der Waals surface area contributed by atoms with Crippen LogP contribution in [0.4, 0.5) is 4.79 Å². The molecule has 1 aromatic carbocycles. The van der Waals surface area contributed by atoms with Crippen molar-refractivity contribution in [1.82, 2.24) is 15.5 Å². The fraction of sp³-hybridized carbons (Fsp3) is 0.640. The minimum absolute atomic E-state index is 0.0500. The number of urea groups is 1. The van der Waals surface area contributed by atoms with Crippen molar-refractivity contribution >= 4 is 29.5 Å². The van der Waals surface area contributed by atoms with E-state index >= 15 is 0 Å². The van der Waals surface area contributed by atoms with E-state index in [-0.39, 0.29) is 24.9 Å². The first-order chi connectivity index (χ1) is 16.1. The maximum atomic E-state index is 13.4. The van der Waals surface area contributed by atoms with Crippen LogP contribution in [0.5, 0.6) is 0 Å². The molecule has 2 atom stereocenters. The predicted molar refractivity (Wildman–Crippen MR) is 135 cm³/mol. The highest BCUT2D eigenvalue weighted by molar-refractivity contribution is 6.30. The summed E-state index contributed by atoms with van der Waals surface area (Å²) in [5, 5.41) is 17.6. The van der Waals surface area contributed by atoms with E-state index in [9.17, 15) is 19.5 Å². The zero-order valence-electron chi connectivity index (χ0n) is 21.5. The Morgan fingerprint density at radius 2 is 1.83 bits per heavy atom. The Bertz CT molecular complexity index is 919. The van der Waals surface area contributed by atoms with Gasteiger partial charge in [0.2, 0.25) is 5.91 Å². The highest BCUT2D eigenvalue weighted by Crippen LogP contribution is 2.46. The summed E-state index contributed by atoms with van der Waals surface area (Å²) in [6, 6.07) is 5.83. The molecule has 0 unspecified atom stereocenters. The number of carbonyl (C=O) groups excluding carboxylic acids is 3. The molecule has 196 valence electrons. The molecule has 0 aromatic heterocycles. The summed E-state index contributed by atoms with van der Waals surface area (Å²) in [5.41, 5.74) is 3.32. The van der Waals surface area contributed by atoms with Crippen molar-refractivity contribution in [2.45, 2.75) is 65.2 Å². The van der Waals surface area contributed by atoms with Crippen molar-refractivity contribution < 1.29 is 24.2 Å². The van der Waals surface area contributed by atoms with Gasteiger partial charge in [0, 0.05) is 23.5 Å². The number of carbonyl (C=O) groups is 3. The molecule has 0 aliphatic carbocycles. The van der Waals surface area contributed by atoms with Gasteiger partial charge >= 0.3 is 12.0 Å². The van der Waals surface area contributed by atoms with Gasteiger partial charge in [-0.2, -0.15) is 0 Å². The molecular weight excluding hydrogens is 472 g/mol. The van der Waals surface area contributed by atoms with Gasteiger partial charge in [0.1, 0.15) is 11.6 Å². The zero-order valence-corrected chi connectivity index (χ0v) is 22.2. The lowest BCUT2D eigenvalue weighted by Crippen LogP contribution is -2.61. The topological polar surface area (TPSA) is 134 Å². The molecule has 2 rings (SSSR count). The number of rotatable bonds is 8. The number of hydrogen-bond acceptors (Lipinski definition) is 6. The van der Waals surface area contributed by atoms with Crippen LogP contribution < -0.4 is 16.4 Å². The average molecular weight is 511 g/mol. The second kappa shape index (κ2) is 11.1. The minimum Gasteiger partial charge on any atom is -0.457 e. The molecule has 1 aromatic rings. The Kier molecular flexibility index (Phi) is 9.19. The van der Waals surface area contributed by atoms with Gasteiger partial charge in [-0.05, 0) is 43.9 Å². The molecule has 1 fully saturated rings. The quantitative estimate of drug-likeness (QED) is 0.397. The molecule has 0 saturated carbocycles. The number of likely N-dealkylation sites (tertiary alicyclic amines) is 1. The summed E-state index contributed by atoms with van der Waals surface area (Å²) < 4.78 is 5.21. The van der Waals surface area contributed by atoms with Crippen LogP contribution in [-0.4, -0.2) is 65.7 Å². The monoisotopic (exact) mass is 510 g/mol. The summed E-state index contributed by atoms with van der Waals surface area (Å²) in [5.74, 6) is -0.953. The molecule has 0 radical (unpaired) electrons. The molecule has 1 saturated heterocycles. The van der Waals surface area contributed by atoms with Gasteiger partial charge in [0.15, 0.2) is 0 Å². The van der Waals surface area contributed by atoms with Crippen LogP contribution in [0.3, 0.4) is 0 Å². The van der Waals surface area contributed by atoms with E-state index in [1.54, 1.807) is 30.9 Å². The molecule has 5 N–H and O–H groups in total. The Morgan fingerprint density at radius 1 is 1.23 bits per heavy atom. The third-order valence-corrected chi connectivity index (χ3v) is 6.79. The van der Waals surface area contributed by atoms with E-state index in [0.717, 1.165) is 5.56 Å². The van der Waals surface area contributed by atoms with Gasteiger partial charge in [-0.1, -0.05) is 51.4 Å². The van der Waals surface area contributed by atoms with Crippen molar-refractivity contribution in [2.75, 3.05) is 26.2 Å². The molecule has 35 heavy (non-hydrogen) atoms. The lowest BCUT2D eigenvalue weighted by molar-refractivity contribution is -0.155. The van der Waals surface area contributed by atoms with Gasteiger partial charge in [0.05, 0.1) is 18.7 Å². The van der Waals surface area contributed by atoms with E-state index in [1.807, 2.05) is 39.8 Å². The number of hydrogen-bond donors (Lipinski definition) is 4. The number of nitrogens with one attached hydrogen (secondary N) is 2. The van der Waals surface area contributed by atoms with Crippen LogP contribution in [-0.2, 0) is 19.9 Å². The first-order valence-corrected chi connectivity index (χ1v) is 12.2. The van der Waals surface area contributed by atoms with E-state index < -0.39 is 34.7 Å². The fourth-order valence-electron chi connectivity index (χ4n) is 4.35. The number of amides is 3. The van der Waals surface area contributed by atoms with Crippen LogP contribution in [0.15, 0.2) is 24.3 Å². The Labute approximate surface area is 212 Å². The van der Waals surface area contributed by atoms with Crippen molar-refractivity contribution in [3.05, 3.63) is 34.9 Å². The molecule has 10 heteroatoms. The third kappa shape index (κ3) is 7.08. The van der Waals surface area contributed by atoms with Gasteiger partial charge in [-0.25, -0.2) is 4.79 Å². The van der Waals surface area contributed by atoms with Gasteiger partial charge < -0.3 is 31.1 Å². The minimum atomic E-state index is -1.13. The molecule has 3 amide bonds. The summed E-state index contributed by atoms with van der Waals surface area (Å²) in [6.07, 6.45) is 0.352. The first-order valence-electron chi connectivity index (χ1n) is 11.9. The van der Waals surface area contributed by atoms with Gasteiger partial charge in [-0.15, -0.1) is 0 Å². The molecule has 0 bridgehead atoms. The van der Waals surface area contributed by atoms with E-state index in [4.69, 9.17) is 22.1 Å². The van der Waals surface area contributed by atoms with Crippen molar-refractivity contribution in [3.8, 4) is 0 Å². The Morgan fingerprint density at radius 3 is 2.34 bits per heavy atom. The molecular formula is C25H39ClN4O5. The lowest BCUT2D eigenvalue weighted by Gasteiger charge is -2.51. The second-order valence-corrected chi connectivity index (χ2v) is 11.2. The van der Waals surface area contributed by atoms with Crippen molar-refractivity contribution in [2.24, 2.45) is 17.1 Å². The summed E-state index contributed by atoms with van der Waals surface area (Å²) in [7, 11) is 0. The van der Waals surface area contributed by atoms with Gasteiger partial charge in [0.25, 0.3) is 0 Å². The Balaban J connectivity index is 2.06. The third-order valence-electron chi connectivity index (χ3n) is 6.53. The predicted octanol–water partition coefficient (Wildman–Crippen LogP) is 2.39. The summed E-state index contributed by atoms with van der Waals surface area (Å²) in [6.45, 7) is 11.3.